The average molecular weight is 319 g/mol. The number of rotatable bonds is 4. The van der Waals surface area contributed by atoms with Gasteiger partial charge in [0, 0.05) is 0 Å². The first-order valence-electron chi connectivity index (χ1n) is 6.56. The minimum Gasteiger partial charge on any atom is -0.494 e. The number of halogens is 2. The van der Waals surface area contributed by atoms with Crippen molar-refractivity contribution in [2.75, 3.05) is 7.11 Å². The van der Waals surface area contributed by atoms with Crippen molar-refractivity contribution < 1.29 is 13.9 Å². The first-order valence-corrected chi connectivity index (χ1v) is 6.56. The van der Waals surface area contributed by atoms with Gasteiger partial charge in [-0.25, -0.2) is 4.39 Å². The zero-order chi connectivity index (χ0) is 15.5. The summed E-state index contributed by atoms with van der Waals surface area (Å²) >= 11 is 0. The zero-order valence-electron chi connectivity index (χ0n) is 13.1. The fraction of sp³-hybridized carbons (Fsp3) is 0.533. The molecule has 0 saturated carbocycles. The van der Waals surface area contributed by atoms with Crippen LogP contribution in [0.25, 0.3) is 0 Å². The zero-order valence-corrected chi connectivity index (χ0v) is 13.9. The Hall–Kier alpha value is -1.33. The van der Waals surface area contributed by atoms with E-state index in [9.17, 15) is 9.18 Å². The van der Waals surface area contributed by atoms with Crippen molar-refractivity contribution >= 4 is 18.3 Å². The van der Waals surface area contributed by atoms with Crippen LogP contribution in [0, 0.1) is 11.2 Å². The van der Waals surface area contributed by atoms with Gasteiger partial charge in [0.05, 0.1) is 19.2 Å². The van der Waals surface area contributed by atoms with E-state index in [0.29, 0.717) is 5.56 Å². The molecule has 0 heterocycles. The maximum absolute atomic E-state index is 13.6. The topological polar surface area (TPSA) is 64.3 Å². The molecule has 21 heavy (non-hydrogen) atoms. The first-order chi connectivity index (χ1) is 9.16. The van der Waals surface area contributed by atoms with Crippen LogP contribution in [-0.2, 0) is 4.79 Å². The van der Waals surface area contributed by atoms with Crippen LogP contribution in [0.1, 0.15) is 39.3 Å². The van der Waals surface area contributed by atoms with Gasteiger partial charge in [-0.2, -0.15) is 0 Å². The molecule has 4 nitrogen and oxygen atoms in total. The molecule has 1 aromatic carbocycles. The minimum absolute atomic E-state index is 0. The van der Waals surface area contributed by atoms with Crippen LogP contribution in [-0.4, -0.2) is 19.1 Å². The van der Waals surface area contributed by atoms with Crippen LogP contribution in [0.2, 0.25) is 0 Å². The van der Waals surface area contributed by atoms with Gasteiger partial charge in [-0.15, -0.1) is 12.4 Å². The number of nitrogens with two attached hydrogens (primary N) is 1. The summed E-state index contributed by atoms with van der Waals surface area (Å²) in [6.45, 7) is 7.48. The number of amides is 1. The second-order valence-corrected chi connectivity index (χ2v) is 5.97. The predicted molar refractivity (Wildman–Crippen MR) is 84.2 cm³/mol. The van der Waals surface area contributed by atoms with Crippen LogP contribution in [0.15, 0.2) is 18.2 Å². The summed E-state index contributed by atoms with van der Waals surface area (Å²) in [6.07, 6.45) is 0. The van der Waals surface area contributed by atoms with Crippen LogP contribution in [0.4, 0.5) is 4.39 Å². The minimum atomic E-state index is -0.618. The summed E-state index contributed by atoms with van der Waals surface area (Å²) < 4.78 is 18.5. The molecule has 2 atom stereocenters. The summed E-state index contributed by atoms with van der Waals surface area (Å²) in [6, 6.07) is 3.67. The van der Waals surface area contributed by atoms with Gasteiger partial charge in [-0.05, 0) is 30.0 Å². The van der Waals surface area contributed by atoms with Gasteiger partial charge >= 0.3 is 0 Å². The van der Waals surface area contributed by atoms with Crippen molar-refractivity contribution in [3.8, 4) is 5.75 Å². The Bertz CT molecular complexity index is 489. The van der Waals surface area contributed by atoms with E-state index in [1.54, 1.807) is 13.0 Å². The normalized spacial score (nSPS) is 13.9. The lowest BCUT2D eigenvalue weighted by Gasteiger charge is -2.27. The van der Waals surface area contributed by atoms with E-state index >= 15 is 0 Å². The standard InChI is InChI=1S/C15H23FN2O2.ClH/c1-9(18-14(19)13(17)15(2,3)4)10-6-7-12(20-5)11(16)8-10;/h6-9,13H,17H2,1-5H3,(H,18,19);1H/t9?,13-;/m1./s1. The Kier molecular flexibility index (Phi) is 7.13. The number of carbonyl (C=O) groups excluding carboxylic acids is 1. The van der Waals surface area contributed by atoms with Gasteiger partial charge in [0.2, 0.25) is 5.91 Å². The van der Waals surface area contributed by atoms with E-state index in [1.807, 2.05) is 20.8 Å². The molecule has 120 valence electrons. The highest BCUT2D eigenvalue weighted by atomic mass is 35.5. The Balaban J connectivity index is 0.00000400. The molecule has 1 aromatic rings. The lowest BCUT2D eigenvalue weighted by atomic mass is 9.86. The predicted octanol–water partition coefficient (Wildman–Crippen LogP) is 2.81. The summed E-state index contributed by atoms with van der Waals surface area (Å²) in [4.78, 5) is 12.0. The third-order valence-corrected chi connectivity index (χ3v) is 3.25. The third kappa shape index (κ3) is 5.17. The number of benzene rings is 1. The molecule has 0 bridgehead atoms. The molecule has 0 aliphatic heterocycles. The average Bonchev–Trinajstić information content (AvgIpc) is 2.36. The Morgan fingerprint density at radius 3 is 2.38 bits per heavy atom. The second-order valence-electron chi connectivity index (χ2n) is 5.97. The van der Waals surface area contributed by atoms with Crippen molar-refractivity contribution in [3.05, 3.63) is 29.6 Å². The van der Waals surface area contributed by atoms with E-state index < -0.39 is 11.9 Å². The number of ether oxygens (including phenoxy) is 1. The molecule has 1 unspecified atom stereocenters. The second kappa shape index (κ2) is 7.61. The van der Waals surface area contributed by atoms with Gasteiger partial charge < -0.3 is 15.8 Å². The van der Waals surface area contributed by atoms with Crippen molar-refractivity contribution in [1.82, 2.24) is 5.32 Å². The molecular weight excluding hydrogens is 295 g/mol. The molecule has 0 fully saturated rings. The summed E-state index contributed by atoms with van der Waals surface area (Å²) in [5, 5.41) is 2.80. The van der Waals surface area contributed by atoms with E-state index in [-0.39, 0.29) is 35.5 Å². The molecule has 6 heteroatoms. The number of carbonyl (C=O) groups is 1. The fourth-order valence-corrected chi connectivity index (χ4v) is 1.73. The van der Waals surface area contributed by atoms with Crippen molar-refractivity contribution in [2.24, 2.45) is 11.1 Å². The van der Waals surface area contributed by atoms with E-state index in [2.05, 4.69) is 5.32 Å². The number of hydrogen-bond acceptors (Lipinski definition) is 3. The van der Waals surface area contributed by atoms with Gasteiger partial charge in [0.15, 0.2) is 11.6 Å². The van der Waals surface area contributed by atoms with Crippen LogP contribution >= 0.6 is 12.4 Å². The number of hydrogen-bond donors (Lipinski definition) is 2. The Morgan fingerprint density at radius 2 is 1.95 bits per heavy atom. The van der Waals surface area contributed by atoms with Gasteiger partial charge in [-0.3, -0.25) is 4.79 Å². The van der Waals surface area contributed by atoms with Crippen molar-refractivity contribution in [1.29, 1.82) is 0 Å². The lowest BCUT2D eigenvalue weighted by Crippen LogP contribution is -2.49. The highest BCUT2D eigenvalue weighted by Gasteiger charge is 2.28. The highest BCUT2D eigenvalue weighted by molar-refractivity contribution is 5.85. The molecule has 0 radical (unpaired) electrons. The molecule has 0 spiro atoms. The van der Waals surface area contributed by atoms with E-state index in [0.717, 1.165) is 0 Å². The van der Waals surface area contributed by atoms with Gasteiger partial charge in [-0.1, -0.05) is 26.8 Å². The monoisotopic (exact) mass is 318 g/mol. The van der Waals surface area contributed by atoms with E-state index in [1.165, 1.54) is 19.2 Å². The molecule has 0 aliphatic carbocycles. The molecule has 3 N–H and O–H groups in total. The molecular formula is C15H24ClFN2O2. The smallest absolute Gasteiger partial charge is 0.237 e. The quantitative estimate of drug-likeness (QED) is 0.897. The fourth-order valence-electron chi connectivity index (χ4n) is 1.73. The molecule has 0 aromatic heterocycles. The molecule has 1 amide bonds. The molecule has 1 rings (SSSR count). The third-order valence-electron chi connectivity index (χ3n) is 3.25. The lowest BCUT2D eigenvalue weighted by molar-refractivity contribution is -0.125. The number of nitrogens with one attached hydrogen (secondary N) is 1. The van der Waals surface area contributed by atoms with Gasteiger partial charge in [0.1, 0.15) is 0 Å². The van der Waals surface area contributed by atoms with Crippen LogP contribution in [0.3, 0.4) is 0 Å². The SMILES string of the molecule is COc1ccc(C(C)NC(=O)[C@@H](N)C(C)(C)C)cc1F.Cl. The molecule has 0 saturated heterocycles. The summed E-state index contributed by atoms with van der Waals surface area (Å²) in [5.74, 6) is -0.522. The summed E-state index contributed by atoms with van der Waals surface area (Å²) in [5.41, 5.74) is 6.23. The maximum atomic E-state index is 13.6. The summed E-state index contributed by atoms with van der Waals surface area (Å²) in [7, 11) is 1.41. The van der Waals surface area contributed by atoms with Gasteiger partial charge in [0.25, 0.3) is 0 Å². The maximum Gasteiger partial charge on any atom is 0.237 e. The van der Waals surface area contributed by atoms with Crippen LogP contribution < -0.4 is 15.8 Å². The first kappa shape index (κ1) is 19.7. The Morgan fingerprint density at radius 1 is 1.38 bits per heavy atom. The number of methoxy groups -OCH3 is 1. The Labute approximate surface area is 131 Å². The molecule has 0 aliphatic rings. The van der Waals surface area contributed by atoms with Crippen molar-refractivity contribution in [2.45, 2.75) is 39.8 Å². The highest BCUT2D eigenvalue weighted by Crippen LogP contribution is 2.23. The van der Waals surface area contributed by atoms with E-state index in [4.69, 9.17) is 10.5 Å². The largest absolute Gasteiger partial charge is 0.494 e. The van der Waals surface area contributed by atoms with Crippen LogP contribution in [0.5, 0.6) is 5.75 Å². The van der Waals surface area contributed by atoms with Crippen molar-refractivity contribution in [3.63, 3.8) is 0 Å².